The Morgan fingerprint density at radius 1 is 1.44 bits per heavy atom. The molecule has 0 spiro atoms. The molecule has 0 radical (unpaired) electrons. The fourth-order valence-corrected chi connectivity index (χ4v) is 1.22. The van der Waals surface area contributed by atoms with E-state index in [-0.39, 0.29) is 25.1 Å². The van der Waals surface area contributed by atoms with Gasteiger partial charge in [0.05, 0.1) is 6.61 Å². The van der Waals surface area contributed by atoms with Crippen molar-refractivity contribution in [1.82, 2.24) is 5.32 Å². The molecule has 1 aromatic rings. The van der Waals surface area contributed by atoms with Crippen LogP contribution in [0.15, 0.2) is 18.2 Å². The van der Waals surface area contributed by atoms with Crippen molar-refractivity contribution in [1.29, 1.82) is 0 Å². The predicted molar refractivity (Wildman–Crippen MR) is 55.1 cm³/mol. The molecule has 0 aliphatic rings. The molecule has 0 aromatic heterocycles. The molecule has 1 N–H and O–H groups in total. The predicted octanol–water partition coefficient (Wildman–Crippen LogP) is 2.25. The zero-order chi connectivity index (χ0) is 12.0. The van der Waals surface area contributed by atoms with Gasteiger partial charge in [-0.1, -0.05) is 0 Å². The van der Waals surface area contributed by atoms with Crippen molar-refractivity contribution in [3.05, 3.63) is 35.4 Å². The number of amides is 1. The van der Waals surface area contributed by atoms with E-state index in [4.69, 9.17) is 0 Å². The third kappa shape index (κ3) is 3.84. The summed E-state index contributed by atoms with van der Waals surface area (Å²) in [5.74, 6) is -0.973. The quantitative estimate of drug-likeness (QED) is 0.860. The van der Waals surface area contributed by atoms with Crippen LogP contribution in [0.25, 0.3) is 0 Å². The standard InChI is InChI=1S/C11H13F2NO2/c1-2-16-11(15)14-6-5-8-7-9(12)3-4-10(8)13/h3-4,7H,2,5-6H2,1H3,(H,14,15). The van der Waals surface area contributed by atoms with E-state index in [2.05, 4.69) is 10.1 Å². The molecule has 88 valence electrons. The third-order valence-electron chi connectivity index (χ3n) is 1.95. The topological polar surface area (TPSA) is 38.3 Å². The minimum atomic E-state index is -0.556. The van der Waals surface area contributed by atoms with Crippen LogP contribution in [0.3, 0.4) is 0 Å². The molecule has 3 nitrogen and oxygen atoms in total. The second kappa shape index (κ2) is 6.05. The summed E-state index contributed by atoms with van der Waals surface area (Å²) in [6, 6.07) is 3.23. The molecule has 16 heavy (non-hydrogen) atoms. The molecule has 0 saturated carbocycles. The first-order chi connectivity index (χ1) is 7.63. The number of hydrogen-bond donors (Lipinski definition) is 1. The number of halogens is 2. The average Bonchev–Trinajstić information content (AvgIpc) is 2.23. The first kappa shape index (κ1) is 12.4. The Morgan fingerprint density at radius 3 is 2.88 bits per heavy atom. The normalized spacial score (nSPS) is 9.94. The van der Waals surface area contributed by atoms with E-state index in [1.165, 1.54) is 0 Å². The summed E-state index contributed by atoms with van der Waals surface area (Å²) in [4.78, 5) is 10.9. The highest BCUT2D eigenvalue weighted by atomic mass is 19.1. The smallest absolute Gasteiger partial charge is 0.407 e. The van der Waals surface area contributed by atoms with Crippen molar-refractivity contribution in [2.75, 3.05) is 13.2 Å². The van der Waals surface area contributed by atoms with Gasteiger partial charge in [-0.05, 0) is 37.1 Å². The maximum Gasteiger partial charge on any atom is 0.407 e. The van der Waals surface area contributed by atoms with Gasteiger partial charge < -0.3 is 10.1 Å². The lowest BCUT2D eigenvalue weighted by Crippen LogP contribution is -2.26. The number of alkyl carbamates (subject to hydrolysis) is 1. The van der Waals surface area contributed by atoms with Gasteiger partial charge in [-0.2, -0.15) is 0 Å². The summed E-state index contributed by atoms with van der Waals surface area (Å²) in [5.41, 5.74) is 0.233. The summed E-state index contributed by atoms with van der Waals surface area (Å²) in [5, 5.41) is 2.43. The highest BCUT2D eigenvalue weighted by Gasteiger charge is 2.05. The number of carbonyl (C=O) groups is 1. The number of rotatable bonds is 4. The molecule has 0 bridgehead atoms. The average molecular weight is 229 g/mol. The Kier molecular flexibility index (Phi) is 4.69. The van der Waals surface area contributed by atoms with Crippen LogP contribution in [-0.4, -0.2) is 19.2 Å². The SMILES string of the molecule is CCOC(=O)NCCc1cc(F)ccc1F. The van der Waals surface area contributed by atoms with Crippen LogP contribution < -0.4 is 5.32 Å². The molecule has 0 aliphatic carbocycles. The number of ether oxygens (including phenoxy) is 1. The molecule has 0 saturated heterocycles. The number of benzene rings is 1. The van der Waals surface area contributed by atoms with Crippen molar-refractivity contribution in [2.45, 2.75) is 13.3 Å². The van der Waals surface area contributed by atoms with E-state index in [1.54, 1.807) is 6.92 Å². The minimum Gasteiger partial charge on any atom is -0.450 e. The number of nitrogens with one attached hydrogen (secondary N) is 1. The lowest BCUT2D eigenvalue weighted by atomic mass is 10.1. The van der Waals surface area contributed by atoms with Crippen molar-refractivity contribution < 1.29 is 18.3 Å². The maximum absolute atomic E-state index is 13.1. The first-order valence-electron chi connectivity index (χ1n) is 4.98. The lowest BCUT2D eigenvalue weighted by molar-refractivity contribution is 0.152. The third-order valence-corrected chi connectivity index (χ3v) is 1.95. The van der Waals surface area contributed by atoms with Gasteiger partial charge in [0, 0.05) is 6.54 Å². The molecule has 1 rings (SSSR count). The lowest BCUT2D eigenvalue weighted by Gasteiger charge is -2.06. The summed E-state index contributed by atoms with van der Waals surface area (Å²) in [6.07, 6.45) is -0.332. The van der Waals surface area contributed by atoms with E-state index < -0.39 is 17.7 Å². The Balaban J connectivity index is 2.42. The first-order valence-corrected chi connectivity index (χ1v) is 4.98. The van der Waals surface area contributed by atoms with E-state index >= 15 is 0 Å². The molecular formula is C11H13F2NO2. The fraction of sp³-hybridized carbons (Fsp3) is 0.364. The van der Waals surface area contributed by atoms with Crippen molar-refractivity contribution >= 4 is 6.09 Å². The summed E-state index contributed by atoms with van der Waals surface area (Å²) in [6.45, 7) is 2.17. The molecule has 0 heterocycles. The van der Waals surface area contributed by atoms with Crippen LogP contribution in [0.4, 0.5) is 13.6 Å². The van der Waals surface area contributed by atoms with Crippen LogP contribution in [0.1, 0.15) is 12.5 Å². The Labute approximate surface area is 92.4 Å². The molecule has 5 heteroatoms. The van der Waals surface area contributed by atoms with Gasteiger partial charge in [0.15, 0.2) is 0 Å². The molecule has 1 aromatic carbocycles. The van der Waals surface area contributed by atoms with Crippen LogP contribution >= 0.6 is 0 Å². The van der Waals surface area contributed by atoms with E-state index in [9.17, 15) is 13.6 Å². The molecule has 0 unspecified atom stereocenters. The summed E-state index contributed by atoms with van der Waals surface area (Å²) < 4.78 is 30.5. The van der Waals surface area contributed by atoms with Gasteiger partial charge in [-0.15, -0.1) is 0 Å². The van der Waals surface area contributed by atoms with Gasteiger partial charge >= 0.3 is 6.09 Å². The molecule has 0 fully saturated rings. The highest BCUT2D eigenvalue weighted by molar-refractivity contribution is 5.67. The number of carbonyl (C=O) groups excluding carboxylic acids is 1. The van der Waals surface area contributed by atoms with Gasteiger partial charge in [0.25, 0.3) is 0 Å². The zero-order valence-electron chi connectivity index (χ0n) is 8.93. The second-order valence-corrected chi connectivity index (χ2v) is 3.13. The summed E-state index contributed by atoms with van der Waals surface area (Å²) in [7, 11) is 0. The van der Waals surface area contributed by atoms with E-state index in [1.807, 2.05) is 0 Å². The minimum absolute atomic E-state index is 0.208. The van der Waals surface area contributed by atoms with E-state index in [0.717, 1.165) is 18.2 Å². The van der Waals surface area contributed by atoms with Crippen LogP contribution in [0.2, 0.25) is 0 Å². The van der Waals surface area contributed by atoms with Crippen molar-refractivity contribution in [2.24, 2.45) is 0 Å². The van der Waals surface area contributed by atoms with Gasteiger partial charge in [0.2, 0.25) is 0 Å². The number of hydrogen-bond acceptors (Lipinski definition) is 2. The highest BCUT2D eigenvalue weighted by Crippen LogP contribution is 2.09. The summed E-state index contributed by atoms with van der Waals surface area (Å²) >= 11 is 0. The molecule has 0 atom stereocenters. The molecule has 0 aliphatic heterocycles. The van der Waals surface area contributed by atoms with Crippen LogP contribution in [0.5, 0.6) is 0 Å². The Hall–Kier alpha value is -1.65. The van der Waals surface area contributed by atoms with Crippen molar-refractivity contribution in [3.8, 4) is 0 Å². The molecular weight excluding hydrogens is 216 g/mol. The van der Waals surface area contributed by atoms with Gasteiger partial charge in [-0.3, -0.25) is 0 Å². The van der Waals surface area contributed by atoms with Crippen LogP contribution in [0, 0.1) is 11.6 Å². The van der Waals surface area contributed by atoms with Gasteiger partial charge in [0.1, 0.15) is 11.6 Å². The monoisotopic (exact) mass is 229 g/mol. The van der Waals surface area contributed by atoms with Gasteiger partial charge in [-0.25, -0.2) is 13.6 Å². The largest absolute Gasteiger partial charge is 0.450 e. The van der Waals surface area contributed by atoms with Crippen LogP contribution in [-0.2, 0) is 11.2 Å². The Morgan fingerprint density at radius 2 is 2.19 bits per heavy atom. The zero-order valence-corrected chi connectivity index (χ0v) is 8.93. The fourth-order valence-electron chi connectivity index (χ4n) is 1.22. The molecule has 1 amide bonds. The Bertz CT molecular complexity index is 369. The van der Waals surface area contributed by atoms with Crippen molar-refractivity contribution in [3.63, 3.8) is 0 Å². The maximum atomic E-state index is 13.1. The second-order valence-electron chi connectivity index (χ2n) is 3.13. The van der Waals surface area contributed by atoms with E-state index in [0.29, 0.717) is 0 Å².